The van der Waals surface area contributed by atoms with Gasteiger partial charge in [0, 0.05) is 17.8 Å². The first-order chi connectivity index (χ1) is 12.6. The van der Waals surface area contributed by atoms with Crippen LogP contribution in [0.3, 0.4) is 0 Å². The smallest absolute Gasteiger partial charge is 0.324 e. The number of aromatic amines is 1. The third-order valence-corrected chi connectivity index (χ3v) is 3.66. The van der Waals surface area contributed by atoms with Gasteiger partial charge in [0.1, 0.15) is 6.33 Å². The molecular formula is C16H11N7O3. The number of nitro benzene ring substituents is 1. The van der Waals surface area contributed by atoms with E-state index in [4.69, 9.17) is 0 Å². The second-order valence-corrected chi connectivity index (χ2v) is 5.32. The molecule has 4 rings (SSSR count). The van der Waals surface area contributed by atoms with Crippen LogP contribution in [0.2, 0.25) is 0 Å². The standard InChI is InChI=1S/C16H11N7O3/c24-16-20-12-6-1-2-7-13(12)22(16)15-18-9-17-14(21-15)19-10-4-3-5-11(8-10)23(25)26/h1-9H,(H,20,24)(H,17,18,19,21). The molecule has 0 fully saturated rings. The lowest BCUT2D eigenvalue weighted by molar-refractivity contribution is -0.384. The van der Waals surface area contributed by atoms with E-state index in [9.17, 15) is 14.9 Å². The van der Waals surface area contributed by atoms with Crippen LogP contribution in [0, 0.1) is 10.1 Å². The van der Waals surface area contributed by atoms with Crippen molar-refractivity contribution in [3.05, 3.63) is 75.5 Å². The molecule has 0 aliphatic carbocycles. The molecule has 26 heavy (non-hydrogen) atoms. The first-order valence-corrected chi connectivity index (χ1v) is 7.52. The summed E-state index contributed by atoms with van der Waals surface area (Å²) < 4.78 is 1.33. The number of imidazole rings is 1. The average Bonchev–Trinajstić information content (AvgIpc) is 2.98. The number of hydrogen-bond acceptors (Lipinski definition) is 7. The van der Waals surface area contributed by atoms with Crippen molar-refractivity contribution < 1.29 is 4.92 Å². The molecule has 0 bridgehead atoms. The Morgan fingerprint density at radius 3 is 2.81 bits per heavy atom. The SMILES string of the molecule is O=c1[nH]c2ccccc2n1-c1ncnc(Nc2cccc([N+](=O)[O-])c2)n1. The first kappa shape index (κ1) is 15.4. The van der Waals surface area contributed by atoms with Crippen molar-refractivity contribution in [3.8, 4) is 5.95 Å². The molecule has 0 saturated carbocycles. The molecule has 4 aromatic rings. The molecule has 0 radical (unpaired) electrons. The van der Waals surface area contributed by atoms with Gasteiger partial charge in [0.25, 0.3) is 5.69 Å². The van der Waals surface area contributed by atoms with Crippen LogP contribution < -0.4 is 11.0 Å². The zero-order valence-corrected chi connectivity index (χ0v) is 13.2. The molecular weight excluding hydrogens is 338 g/mol. The van der Waals surface area contributed by atoms with Crippen LogP contribution in [-0.2, 0) is 0 Å². The van der Waals surface area contributed by atoms with Gasteiger partial charge in [-0.25, -0.2) is 19.3 Å². The number of nitrogens with one attached hydrogen (secondary N) is 2. The van der Waals surface area contributed by atoms with E-state index in [1.807, 2.05) is 6.07 Å². The Hall–Kier alpha value is -4.08. The normalized spacial score (nSPS) is 10.8. The number of benzene rings is 2. The zero-order valence-electron chi connectivity index (χ0n) is 13.2. The van der Waals surface area contributed by atoms with Crippen LogP contribution in [0.25, 0.3) is 17.0 Å². The summed E-state index contributed by atoms with van der Waals surface area (Å²) in [6.07, 6.45) is 1.26. The van der Waals surface area contributed by atoms with Gasteiger partial charge in [0.15, 0.2) is 0 Å². The van der Waals surface area contributed by atoms with Crippen molar-refractivity contribution in [1.82, 2.24) is 24.5 Å². The summed E-state index contributed by atoms with van der Waals surface area (Å²) in [6.45, 7) is 0. The number of nitrogens with zero attached hydrogens (tertiary/aromatic N) is 5. The Morgan fingerprint density at radius 1 is 1.12 bits per heavy atom. The zero-order chi connectivity index (χ0) is 18.1. The average molecular weight is 349 g/mol. The maximum Gasteiger partial charge on any atom is 0.333 e. The second kappa shape index (κ2) is 6.09. The molecule has 0 spiro atoms. The summed E-state index contributed by atoms with van der Waals surface area (Å²) in [5.41, 5.74) is 1.30. The van der Waals surface area contributed by atoms with Crippen molar-refractivity contribution in [3.63, 3.8) is 0 Å². The van der Waals surface area contributed by atoms with Gasteiger partial charge in [0.2, 0.25) is 11.9 Å². The Balaban J connectivity index is 1.73. The van der Waals surface area contributed by atoms with Crippen molar-refractivity contribution in [1.29, 1.82) is 0 Å². The van der Waals surface area contributed by atoms with E-state index in [0.29, 0.717) is 16.7 Å². The van der Waals surface area contributed by atoms with Crippen LogP contribution in [0.15, 0.2) is 59.7 Å². The molecule has 0 saturated heterocycles. The van der Waals surface area contributed by atoms with Gasteiger partial charge in [0.05, 0.1) is 16.0 Å². The lowest BCUT2D eigenvalue weighted by Gasteiger charge is -2.06. The maximum atomic E-state index is 12.2. The summed E-state index contributed by atoms with van der Waals surface area (Å²) in [4.78, 5) is 37.6. The molecule has 0 aliphatic heterocycles. The third kappa shape index (κ3) is 2.75. The fraction of sp³-hybridized carbons (Fsp3) is 0. The van der Waals surface area contributed by atoms with Crippen LogP contribution in [0.5, 0.6) is 0 Å². The largest absolute Gasteiger partial charge is 0.333 e. The van der Waals surface area contributed by atoms with Gasteiger partial charge >= 0.3 is 5.69 Å². The lowest BCUT2D eigenvalue weighted by Crippen LogP contribution is -2.18. The van der Waals surface area contributed by atoms with Crippen molar-refractivity contribution in [2.75, 3.05) is 5.32 Å². The Kier molecular flexibility index (Phi) is 3.62. The molecule has 0 atom stereocenters. The van der Waals surface area contributed by atoms with E-state index < -0.39 is 4.92 Å². The lowest BCUT2D eigenvalue weighted by atomic mass is 10.3. The summed E-state index contributed by atoms with van der Waals surface area (Å²) in [6, 6.07) is 13.1. The number of non-ortho nitro benzene ring substituents is 1. The molecule has 2 N–H and O–H groups in total. The number of para-hydroxylation sites is 2. The van der Waals surface area contributed by atoms with Crippen molar-refractivity contribution >= 4 is 28.4 Å². The molecule has 0 amide bonds. The Bertz CT molecular complexity index is 1180. The van der Waals surface area contributed by atoms with Crippen LogP contribution in [0.4, 0.5) is 17.3 Å². The second-order valence-electron chi connectivity index (χ2n) is 5.32. The number of H-pyrrole nitrogens is 1. The summed E-state index contributed by atoms with van der Waals surface area (Å²) in [7, 11) is 0. The molecule has 2 aromatic carbocycles. The molecule has 10 heteroatoms. The fourth-order valence-corrected chi connectivity index (χ4v) is 2.54. The number of nitro groups is 1. The predicted molar refractivity (Wildman–Crippen MR) is 93.7 cm³/mol. The van der Waals surface area contributed by atoms with Gasteiger partial charge in [-0.1, -0.05) is 18.2 Å². The monoisotopic (exact) mass is 349 g/mol. The molecule has 2 heterocycles. The van der Waals surface area contributed by atoms with E-state index >= 15 is 0 Å². The summed E-state index contributed by atoms with van der Waals surface area (Å²) in [5.74, 6) is 0.294. The molecule has 128 valence electrons. The van der Waals surface area contributed by atoms with E-state index in [0.717, 1.165) is 0 Å². The van der Waals surface area contributed by atoms with Gasteiger partial charge in [-0.2, -0.15) is 4.98 Å². The minimum Gasteiger partial charge on any atom is -0.324 e. The molecule has 2 aromatic heterocycles. The van der Waals surface area contributed by atoms with E-state index in [1.165, 1.54) is 23.0 Å². The number of aromatic nitrogens is 5. The van der Waals surface area contributed by atoms with Crippen LogP contribution in [0.1, 0.15) is 0 Å². The van der Waals surface area contributed by atoms with Crippen LogP contribution >= 0.6 is 0 Å². The number of rotatable bonds is 4. The number of anilines is 2. The maximum absolute atomic E-state index is 12.2. The number of hydrogen-bond donors (Lipinski definition) is 2. The quantitative estimate of drug-likeness (QED) is 0.426. The highest BCUT2D eigenvalue weighted by atomic mass is 16.6. The minimum atomic E-state index is -0.491. The third-order valence-electron chi connectivity index (χ3n) is 3.66. The van der Waals surface area contributed by atoms with Gasteiger partial charge in [-0.05, 0) is 18.2 Å². The molecule has 0 aliphatic rings. The van der Waals surface area contributed by atoms with Gasteiger partial charge < -0.3 is 10.3 Å². The summed E-state index contributed by atoms with van der Waals surface area (Å²) in [5, 5.41) is 13.7. The van der Waals surface area contributed by atoms with E-state index in [1.54, 1.807) is 30.3 Å². The highest BCUT2D eigenvalue weighted by molar-refractivity contribution is 5.76. The van der Waals surface area contributed by atoms with Crippen molar-refractivity contribution in [2.45, 2.75) is 0 Å². The topological polar surface area (TPSA) is 132 Å². The van der Waals surface area contributed by atoms with Crippen LogP contribution in [-0.4, -0.2) is 29.4 Å². The minimum absolute atomic E-state index is 0.0582. The van der Waals surface area contributed by atoms with E-state index in [2.05, 4.69) is 25.3 Å². The van der Waals surface area contributed by atoms with Gasteiger partial charge in [-0.3, -0.25) is 10.1 Å². The highest BCUT2D eigenvalue weighted by Crippen LogP contribution is 2.20. The van der Waals surface area contributed by atoms with Gasteiger partial charge in [-0.15, -0.1) is 0 Å². The first-order valence-electron chi connectivity index (χ1n) is 7.52. The Morgan fingerprint density at radius 2 is 1.96 bits per heavy atom. The predicted octanol–water partition coefficient (Wildman–Crippen LogP) is 2.16. The molecule has 0 unspecified atom stereocenters. The highest BCUT2D eigenvalue weighted by Gasteiger charge is 2.12. The van der Waals surface area contributed by atoms with E-state index in [-0.39, 0.29) is 23.3 Å². The molecule has 10 nitrogen and oxygen atoms in total. The summed E-state index contributed by atoms with van der Waals surface area (Å²) >= 11 is 0. The Labute approximate surface area is 145 Å². The fourth-order valence-electron chi connectivity index (χ4n) is 2.54. The number of fused-ring (bicyclic) bond motifs is 1. The van der Waals surface area contributed by atoms with Crippen molar-refractivity contribution in [2.24, 2.45) is 0 Å².